The van der Waals surface area contributed by atoms with Crippen molar-refractivity contribution in [3.8, 4) is 5.75 Å². The normalized spacial score (nSPS) is 11.7. The second-order valence-corrected chi connectivity index (χ2v) is 7.78. The SMILES string of the molecule is Cc1ccc(O[Si](C)C)c(N=Cc2nc3ccccc3n2C)c1.[H+]. The minimum atomic E-state index is -0.827. The van der Waals surface area contributed by atoms with Crippen LogP contribution < -0.4 is 4.43 Å². The first-order valence-electron chi connectivity index (χ1n) is 7.59. The quantitative estimate of drug-likeness (QED) is 0.528. The fraction of sp³-hybridized carbons (Fsp3) is 0.222. The maximum absolute atomic E-state index is 5.94. The molecular weight excluding hydrogens is 302 g/mol. The highest BCUT2D eigenvalue weighted by atomic mass is 28.3. The summed E-state index contributed by atoms with van der Waals surface area (Å²) in [4.78, 5) is 9.25. The Morgan fingerprint density at radius 1 is 1.22 bits per heavy atom. The largest absolute Gasteiger partial charge is 1.00 e. The van der Waals surface area contributed by atoms with Crippen molar-refractivity contribution in [1.29, 1.82) is 0 Å². The maximum Gasteiger partial charge on any atom is 1.00 e. The van der Waals surface area contributed by atoms with E-state index in [1.807, 2.05) is 48.0 Å². The van der Waals surface area contributed by atoms with Crippen molar-refractivity contribution in [2.75, 3.05) is 0 Å². The molecule has 0 unspecified atom stereocenters. The van der Waals surface area contributed by atoms with Gasteiger partial charge >= 0.3 is 1.43 Å². The third kappa shape index (κ3) is 3.34. The number of aliphatic imine (C=N–C) groups is 1. The molecule has 117 valence electrons. The van der Waals surface area contributed by atoms with E-state index < -0.39 is 9.04 Å². The molecule has 1 radical (unpaired) electrons. The molecule has 0 saturated heterocycles. The Morgan fingerprint density at radius 3 is 2.74 bits per heavy atom. The lowest BCUT2D eigenvalue weighted by molar-refractivity contribution is 0.582. The number of benzene rings is 2. The number of hydrogen-bond acceptors (Lipinski definition) is 3. The van der Waals surface area contributed by atoms with Crippen molar-refractivity contribution in [2.24, 2.45) is 12.0 Å². The molecule has 0 aliphatic carbocycles. The lowest BCUT2D eigenvalue weighted by atomic mass is 10.2. The molecule has 1 heterocycles. The van der Waals surface area contributed by atoms with Crippen LogP contribution in [0, 0.1) is 6.92 Å². The first-order chi connectivity index (χ1) is 11.0. The van der Waals surface area contributed by atoms with Crippen LogP contribution in [0.3, 0.4) is 0 Å². The third-order valence-corrected chi connectivity index (χ3v) is 4.20. The van der Waals surface area contributed by atoms with Crippen LogP contribution in [0.2, 0.25) is 13.1 Å². The van der Waals surface area contributed by atoms with Gasteiger partial charge in [0.2, 0.25) is 0 Å². The highest BCUT2D eigenvalue weighted by Gasteiger charge is 2.08. The zero-order valence-corrected chi connectivity index (χ0v) is 14.9. The second kappa shape index (κ2) is 6.38. The summed E-state index contributed by atoms with van der Waals surface area (Å²) in [5.41, 5.74) is 4.09. The monoisotopic (exact) mass is 323 g/mol. The summed E-state index contributed by atoms with van der Waals surface area (Å²) in [7, 11) is 1.18. The zero-order valence-electron chi connectivity index (χ0n) is 14.9. The Morgan fingerprint density at radius 2 is 2.00 bits per heavy atom. The zero-order chi connectivity index (χ0) is 16.4. The van der Waals surface area contributed by atoms with Gasteiger partial charge in [-0.25, -0.2) is 9.98 Å². The van der Waals surface area contributed by atoms with Crippen molar-refractivity contribution >= 4 is 32.0 Å². The number of aryl methyl sites for hydroxylation is 2. The number of imidazole rings is 1. The van der Waals surface area contributed by atoms with Gasteiger partial charge in [-0.05, 0) is 49.8 Å². The van der Waals surface area contributed by atoms with Crippen LogP contribution >= 0.6 is 0 Å². The molecule has 0 amide bonds. The second-order valence-electron chi connectivity index (χ2n) is 5.76. The molecule has 0 spiro atoms. The summed E-state index contributed by atoms with van der Waals surface area (Å²) in [5.74, 6) is 1.67. The highest BCUT2D eigenvalue weighted by molar-refractivity contribution is 6.49. The van der Waals surface area contributed by atoms with Gasteiger partial charge in [-0.1, -0.05) is 18.2 Å². The Kier molecular flexibility index (Phi) is 4.30. The lowest BCUT2D eigenvalue weighted by Gasteiger charge is -2.11. The van der Waals surface area contributed by atoms with E-state index in [9.17, 15) is 0 Å². The van der Waals surface area contributed by atoms with Gasteiger partial charge in [0.05, 0.1) is 17.2 Å². The van der Waals surface area contributed by atoms with Crippen LogP contribution in [0.15, 0.2) is 47.5 Å². The number of rotatable bonds is 4. The van der Waals surface area contributed by atoms with Gasteiger partial charge in [-0.15, -0.1) is 0 Å². The smallest absolute Gasteiger partial charge is 0.541 e. The minimum Gasteiger partial charge on any atom is -0.541 e. The Balaban J connectivity index is 0.00000208. The molecule has 0 saturated carbocycles. The summed E-state index contributed by atoms with van der Waals surface area (Å²) < 4.78 is 7.98. The van der Waals surface area contributed by atoms with Gasteiger partial charge in [0.25, 0.3) is 9.04 Å². The Hall–Kier alpha value is -2.40. The Labute approximate surface area is 139 Å². The van der Waals surface area contributed by atoms with Crippen LogP contribution in [-0.2, 0) is 7.05 Å². The van der Waals surface area contributed by atoms with E-state index in [0.717, 1.165) is 33.9 Å². The highest BCUT2D eigenvalue weighted by Crippen LogP contribution is 2.29. The van der Waals surface area contributed by atoms with Gasteiger partial charge in [-0.2, -0.15) is 0 Å². The number of para-hydroxylation sites is 2. The third-order valence-electron chi connectivity index (χ3n) is 3.57. The van der Waals surface area contributed by atoms with Gasteiger partial charge in [-0.3, -0.25) is 0 Å². The number of fused-ring (bicyclic) bond motifs is 1. The fourth-order valence-corrected chi connectivity index (χ4v) is 3.05. The molecule has 0 bridgehead atoms. The fourth-order valence-electron chi connectivity index (χ4n) is 2.44. The molecule has 0 aliphatic heterocycles. The molecule has 5 heteroatoms. The van der Waals surface area contributed by atoms with Crippen molar-refractivity contribution in [1.82, 2.24) is 9.55 Å². The van der Waals surface area contributed by atoms with Crippen LogP contribution in [0.4, 0.5) is 5.69 Å². The van der Waals surface area contributed by atoms with Gasteiger partial charge < -0.3 is 8.99 Å². The topological polar surface area (TPSA) is 39.4 Å². The molecule has 3 aromatic rings. The summed E-state index contributed by atoms with van der Waals surface area (Å²) in [5, 5.41) is 0. The first-order valence-corrected chi connectivity index (χ1v) is 9.99. The standard InChI is InChI=1S/C18H20N3OSi/c1-13-9-10-17(22-23(3)4)15(11-13)19-12-18-20-14-7-5-6-8-16(14)21(18)2/h5-12H,1-4H3/p+1. The molecule has 3 rings (SSSR count). The predicted molar refractivity (Wildman–Crippen MR) is 98.4 cm³/mol. The lowest BCUT2D eigenvalue weighted by Crippen LogP contribution is -2.11. The van der Waals surface area contributed by atoms with E-state index in [-0.39, 0.29) is 1.43 Å². The van der Waals surface area contributed by atoms with E-state index in [1.54, 1.807) is 6.21 Å². The van der Waals surface area contributed by atoms with Crippen LogP contribution in [0.5, 0.6) is 5.75 Å². The van der Waals surface area contributed by atoms with E-state index >= 15 is 0 Å². The predicted octanol–water partition coefficient (Wildman–Crippen LogP) is 4.37. The van der Waals surface area contributed by atoms with Crippen LogP contribution in [0.1, 0.15) is 12.8 Å². The van der Waals surface area contributed by atoms with Crippen LogP contribution in [0.25, 0.3) is 11.0 Å². The molecule has 0 atom stereocenters. The molecule has 2 aromatic carbocycles. The first kappa shape index (κ1) is 15.5. The maximum atomic E-state index is 5.94. The van der Waals surface area contributed by atoms with Crippen LogP contribution in [-0.4, -0.2) is 24.8 Å². The summed E-state index contributed by atoms with van der Waals surface area (Å²) >= 11 is 0. The van der Waals surface area contributed by atoms with E-state index in [4.69, 9.17) is 4.43 Å². The minimum absolute atomic E-state index is 0. The van der Waals surface area contributed by atoms with Crippen molar-refractivity contribution in [3.63, 3.8) is 0 Å². The van der Waals surface area contributed by atoms with E-state index in [1.165, 1.54) is 0 Å². The van der Waals surface area contributed by atoms with Gasteiger partial charge in [0.1, 0.15) is 11.4 Å². The molecule has 4 nitrogen and oxygen atoms in total. The molecule has 0 fully saturated rings. The molecular formula is C18H21N3OSi+. The van der Waals surface area contributed by atoms with Gasteiger partial charge in [0.15, 0.2) is 5.82 Å². The molecule has 1 aromatic heterocycles. The number of hydrogen-bond donors (Lipinski definition) is 0. The van der Waals surface area contributed by atoms with Crippen molar-refractivity contribution in [3.05, 3.63) is 53.9 Å². The molecule has 0 aliphatic rings. The Bertz CT molecular complexity index is 874. The molecule has 0 N–H and O–H groups in total. The average molecular weight is 323 g/mol. The summed E-state index contributed by atoms with van der Waals surface area (Å²) in [6, 6.07) is 14.2. The van der Waals surface area contributed by atoms with Crippen molar-refractivity contribution < 1.29 is 5.85 Å². The average Bonchev–Trinajstić information content (AvgIpc) is 2.84. The summed E-state index contributed by atoms with van der Waals surface area (Å²) in [6.07, 6.45) is 1.80. The number of aromatic nitrogens is 2. The molecule has 23 heavy (non-hydrogen) atoms. The summed E-state index contributed by atoms with van der Waals surface area (Å²) in [6.45, 7) is 6.29. The van der Waals surface area contributed by atoms with E-state index in [0.29, 0.717) is 0 Å². The van der Waals surface area contributed by atoms with E-state index in [2.05, 4.69) is 36.1 Å². The van der Waals surface area contributed by atoms with Gasteiger partial charge in [0, 0.05) is 7.05 Å². The number of nitrogens with zero attached hydrogens (tertiary/aromatic N) is 3. The van der Waals surface area contributed by atoms with Crippen molar-refractivity contribution in [2.45, 2.75) is 20.0 Å².